The average molecular weight is 342 g/mol. The van der Waals surface area contributed by atoms with Crippen LogP contribution < -0.4 is 4.74 Å². The highest BCUT2D eigenvalue weighted by Gasteiger charge is 2.25. The summed E-state index contributed by atoms with van der Waals surface area (Å²) in [5, 5.41) is 9.42. The number of nitrogens with zero attached hydrogens (tertiary/aromatic N) is 2. The Kier molecular flexibility index (Phi) is 3.76. The SMILES string of the molecule is COc1ccccc1-c1nc2sc3c(n2c1CC(=O)O)CCCC3. The van der Waals surface area contributed by atoms with Gasteiger partial charge < -0.3 is 9.84 Å². The smallest absolute Gasteiger partial charge is 0.309 e. The van der Waals surface area contributed by atoms with Gasteiger partial charge in [0, 0.05) is 16.1 Å². The Labute approximate surface area is 143 Å². The van der Waals surface area contributed by atoms with Gasteiger partial charge in [-0.2, -0.15) is 0 Å². The van der Waals surface area contributed by atoms with E-state index >= 15 is 0 Å². The molecular weight excluding hydrogens is 324 g/mol. The van der Waals surface area contributed by atoms with Crippen LogP contribution in [0.1, 0.15) is 29.1 Å². The number of benzene rings is 1. The number of hydrogen-bond acceptors (Lipinski definition) is 4. The second kappa shape index (κ2) is 5.94. The van der Waals surface area contributed by atoms with Crippen molar-refractivity contribution >= 4 is 22.3 Å². The van der Waals surface area contributed by atoms with Crippen molar-refractivity contribution in [3.8, 4) is 17.0 Å². The van der Waals surface area contributed by atoms with Gasteiger partial charge in [0.1, 0.15) is 5.75 Å². The Morgan fingerprint density at radius 3 is 2.92 bits per heavy atom. The van der Waals surface area contributed by atoms with Gasteiger partial charge in [0.2, 0.25) is 0 Å². The number of ether oxygens (including phenoxy) is 1. The lowest BCUT2D eigenvalue weighted by atomic mass is 10.0. The van der Waals surface area contributed by atoms with E-state index in [4.69, 9.17) is 9.72 Å². The summed E-state index contributed by atoms with van der Waals surface area (Å²) in [6.45, 7) is 0. The zero-order valence-electron chi connectivity index (χ0n) is 13.4. The first kappa shape index (κ1) is 15.2. The lowest BCUT2D eigenvalue weighted by molar-refractivity contribution is -0.136. The van der Waals surface area contributed by atoms with E-state index in [0.717, 1.165) is 41.2 Å². The summed E-state index contributed by atoms with van der Waals surface area (Å²) in [6.07, 6.45) is 4.36. The number of para-hydroxylation sites is 1. The third kappa shape index (κ3) is 2.38. The van der Waals surface area contributed by atoms with Gasteiger partial charge in [0.15, 0.2) is 4.96 Å². The van der Waals surface area contributed by atoms with Gasteiger partial charge in [-0.1, -0.05) is 12.1 Å². The molecule has 1 aliphatic carbocycles. The van der Waals surface area contributed by atoms with Crippen molar-refractivity contribution in [2.24, 2.45) is 0 Å². The minimum Gasteiger partial charge on any atom is -0.496 e. The van der Waals surface area contributed by atoms with Crippen LogP contribution in [0.5, 0.6) is 5.75 Å². The minimum absolute atomic E-state index is 0.0439. The fourth-order valence-corrected chi connectivity index (χ4v) is 4.69. The van der Waals surface area contributed by atoms with E-state index in [1.54, 1.807) is 18.4 Å². The maximum Gasteiger partial charge on any atom is 0.309 e. The van der Waals surface area contributed by atoms with Gasteiger partial charge in [-0.3, -0.25) is 9.20 Å². The van der Waals surface area contributed by atoms with E-state index in [2.05, 4.69) is 4.40 Å². The molecule has 6 heteroatoms. The first-order chi connectivity index (χ1) is 11.7. The molecule has 5 nitrogen and oxygen atoms in total. The van der Waals surface area contributed by atoms with E-state index in [1.165, 1.54) is 17.0 Å². The van der Waals surface area contributed by atoms with E-state index in [1.807, 2.05) is 24.3 Å². The van der Waals surface area contributed by atoms with Gasteiger partial charge >= 0.3 is 5.97 Å². The summed E-state index contributed by atoms with van der Waals surface area (Å²) < 4.78 is 7.53. The molecule has 0 saturated heterocycles. The van der Waals surface area contributed by atoms with Crippen molar-refractivity contribution in [3.05, 3.63) is 40.5 Å². The molecule has 124 valence electrons. The van der Waals surface area contributed by atoms with Crippen LogP contribution in [0.3, 0.4) is 0 Å². The van der Waals surface area contributed by atoms with Crippen LogP contribution in [0.15, 0.2) is 24.3 Å². The van der Waals surface area contributed by atoms with Crippen LogP contribution in [0.2, 0.25) is 0 Å². The molecule has 4 rings (SSSR count). The topological polar surface area (TPSA) is 63.8 Å². The zero-order valence-corrected chi connectivity index (χ0v) is 14.2. The van der Waals surface area contributed by atoms with E-state index in [0.29, 0.717) is 5.75 Å². The Hall–Kier alpha value is -2.34. The molecule has 3 aromatic rings. The average Bonchev–Trinajstić information content (AvgIpc) is 3.11. The first-order valence-electron chi connectivity index (χ1n) is 8.06. The monoisotopic (exact) mass is 342 g/mol. The number of carboxylic acids is 1. The predicted octanol–water partition coefficient (Wildman–Crippen LogP) is 3.58. The Morgan fingerprint density at radius 2 is 2.12 bits per heavy atom. The van der Waals surface area contributed by atoms with Crippen molar-refractivity contribution in [1.82, 2.24) is 9.38 Å². The van der Waals surface area contributed by atoms with E-state index < -0.39 is 5.97 Å². The van der Waals surface area contributed by atoms with Crippen molar-refractivity contribution in [2.75, 3.05) is 7.11 Å². The molecule has 0 bridgehead atoms. The molecule has 0 radical (unpaired) electrons. The predicted molar refractivity (Wildman–Crippen MR) is 93.0 cm³/mol. The molecule has 0 aliphatic heterocycles. The highest BCUT2D eigenvalue weighted by atomic mass is 32.1. The number of methoxy groups -OCH3 is 1. The maximum absolute atomic E-state index is 11.5. The second-order valence-electron chi connectivity index (χ2n) is 5.97. The molecule has 0 fully saturated rings. The number of aromatic nitrogens is 2. The number of imidazole rings is 1. The molecule has 1 N–H and O–H groups in total. The van der Waals surface area contributed by atoms with E-state index in [9.17, 15) is 9.90 Å². The van der Waals surface area contributed by atoms with E-state index in [-0.39, 0.29) is 6.42 Å². The van der Waals surface area contributed by atoms with Gasteiger partial charge in [-0.15, -0.1) is 11.3 Å². The molecule has 2 aromatic heterocycles. The van der Waals surface area contributed by atoms with Gasteiger partial charge in [0.05, 0.1) is 24.9 Å². The quantitative estimate of drug-likeness (QED) is 0.787. The summed E-state index contributed by atoms with van der Waals surface area (Å²) >= 11 is 1.69. The van der Waals surface area contributed by atoms with Crippen LogP contribution in [-0.2, 0) is 24.1 Å². The largest absolute Gasteiger partial charge is 0.496 e. The van der Waals surface area contributed by atoms with Crippen LogP contribution in [0.25, 0.3) is 16.2 Å². The van der Waals surface area contributed by atoms with Gasteiger partial charge in [0.25, 0.3) is 0 Å². The number of aliphatic carboxylic acids is 1. The van der Waals surface area contributed by atoms with Crippen molar-refractivity contribution in [2.45, 2.75) is 32.1 Å². The van der Waals surface area contributed by atoms with Crippen molar-refractivity contribution in [1.29, 1.82) is 0 Å². The van der Waals surface area contributed by atoms with Gasteiger partial charge in [-0.25, -0.2) is 4.98 Å². The molecule has 2 heterocycles. The Bertz CT molecular complexity index is 926. The molecule has 24 heavy (non-hydrogen) atoms. The third-order valence-electron chi connectivity index (χ3n) is 4.50. The highest BCUT2D eigenvalue weighted by Crippen LogP contribution is 2.37. The van der Waals surface area contributed by atoms with Crippen molar-refractivity contribution in [3.63, 3.8) is 0 Å². The molecule has 0 amide bonds. The molecule has 1 aliphatic rings. The summed E-state index contributed by atoms with van der Waals surface area (Å²) in [7, 11) is 1.62. The molecule has 0 atom stereocenters. The molecule has 0 spiro atoms. The fraction of sp³-hybridized carbons (Fsp3) is 0.333. The van der Waals surface area contributed by atoms with Gasteiger partial charge in [-0.05, 0) is 37.8 Å². The molecule has 1 aromatic carbocycles. The van der Waals surface area contributed by atoms with Crippen LogP contribution in [-0.4, -0.2) is 27.6 Å². The number of carboxylic acid groups (broad SMARTS) is 1. The summed E-state index contributed by atoms with van der Waals surface area (Å²) in [4.78, 5) is 18.5. The van der Waals surface area contributed by atoms with Crippen LogP contribution in [0, 0.1) is 0 Å². The number of carbonyl (C=O) groups is 1. The summed E-state index contributed by atoms with van der Waals surface area (Å²) in [5.74, 6) is -0.132. The normalized spacial score (nSPS) is 13.9. The minimum atomic E-state index is -0.844. The maximum atomic E-state index is 11.5. The van der Waals surface area contributed by atoms with Crippen LogP contribution in [0.4, 0.5) is 0 Å². The molecule has 0 unspecified atom stereocenters. The number of hydrogen-bond donors (Lipinski definition) is 1. The Balaban J connectivity index is 1.98. The summed E-state index contributed by atoms with van der Waals surface area (Å²) in [5.41, 5.74) is 3.55. The number of thiazole rings is 1. The molecular formula is C18H18N2O3S. The summed E-state index contributed by atoms with van der Waals surface area (Å²) in [6, 6.07) is 7.64. The first-order valence-corrected chi connectivity index (χ1v) is 8.87. The lowest BCUT2D eigenvalue weighted by Crippen LogP contribution is -2.09. The van der Waals surface area contributed by atoms with Crippen molar-refractivity contribution < 1.29 is 14.6 Å². The highest BCUT2D eigenvalue weighted by molar-refractivity contribution is 7.17. The number of aryl methyl sites for hydroxylation is 2. The third-order valence-corrected chi connectivity index (χ3v) is 5.64. The standard InChI is InChI=1S/C18H18N2O3S/c1-23-14-8-4-2-6-11(14)17-13(10-16(21)22)20-12-7-3-5-9-15(12)24-18(20)19-17/h2,4,6,8H,3,5,7,9-10H2,1H3,(H,21,22). The fourth-order valence-electron chi connectivity index (χ4n) is 3.46. The molecule has 0 saturated carbocycles. The van der Waals surface area contributed by atoms with Crippen LogP contribution >= 0.6 is 11.3 Å². The second-order valence-corrected chi connectivity index (χ2v) is 7.04. The number of fused-ring (bicyclic) bond motifs is 3. The zero-order chi connectivity index (χ0) is 16.7. The lowest BCUT2D eigenvalue weighted by Gasteiger charge is -2.13. The number of rotatable bonds is 4. The Morgan fingerprint density at radius 1 is 1.33 bits per heavy atom.